The van der Waals surface area contributed by atoms with Crippen LogP contribution >= 0.6 is 0 Å². The van der Waals surface area contributed by atoms with Crippen molar-refractivity contribution in [3.63, 3.8) is 0 Å². The SMILES string of the molecule is COC1(c2noc(-c3ccc(N)c(O)c3)n2)CCOCC1. The standard InChI is InChI=1S/C14H17N3O4/c1-19-14(4-6-20-7-5-14)13-16-12(21-17-13)9-2-3-10(15)11(18)8-9/h2-3,8,18H,4-7,15H2,1H3. The molecule has 0 bridgehead atoms. The van der Waals surface area contributed by atoms with E-state index in [2.05, 4.69) is 10.1 Å². The Kier molecular flexibility index (Phi) is 3.52. The number of phenols is 1. The fourth-order valence-corrected chi connectivity index (χ4v) is 2.42. The number of hydrogen-bond acceptors (Lipinski definition) is 7. The third-order valence-electron chi connectivity index (χ3n) is 3.80. The molecule has 112 valence electrons. The van der Waals surface area contributed by atoms with Gasteiger partial charge in [-0.3, -0.25) is 0 Å². The van der Waals surface area contributed by atoms with Gasteiger partial charge in [-0.05, 0) is 18.2 Å². The molecule has 1 saturated heterocycles. The minimum absolute atomic E-state index is 0.0141. The Bertz CT molecular complexity index is 635. The number of aromatic nitrogens is 2. The van der Waals surface area contributed by atoms with Crippen LogP contribution in [0, 0.1) is 0 Å². The molecule has 1 fully saturated rings. The van der Waals surface area contributed by atoms with E-state index in [-0.39, 0.29) is 5.75 Å². The number of aromatic hydroxyl groups is 1. The molecule has 0 unspecified atom stereocenters. The lowest BCUT2D eigenvalue weighted by molar-refractivity contribution is -0.101. The van der Waals surface area contributed by atoms with E-state index in [4.69, 9.17) is 19.7 Å². The highest BCUT2D eigenvalue weighted by Gasteiger charge is 2.39. The second-order valence-corrected chi connectivity index (χ2v) is 5.01. The average molecular weight is 291 g/mol. The summed E-state index contributed by atoms with van der Waals surface area (Å²) >= 11 is 0. The normalized spacial score (nSPS) is 17.8. The predicted molar refractivity (Wildman–Crippen MR) is 74.6 cm³/mol. The first-order valence-corrected chi connectivity index (χ1v) is 6.70. The molecular weight excluding hydrogens is 274 g/mol. The largest absolute Gasteiger partial charge is 0.506 e. The van der Waals surface area contributed by atoms with Crippen LogP contribution in [0.5, 0.6) is 5.75 Å². The van der Waals surface area contributed by atoms with Gasteiger partial charge >= 0.3 is 0 Å². The van der Waals surface area contributed by atoms with Crippen molar-refractivity contribution in [3.8, 4) is 17.2 Å². The summed E-state index contributed by atoms with van der Waals surface area (Å²) in [5.74, 6) is 0.808. The monoisotopic (exact) mass is 291 g/mol. The van der Waals surface area contributed by atoms with E-state index in [1.807, 2.05) is 0 Å². The molecule has 1 aromatic carbocycles. The number of nitrogens with two attached hydrogens (primary N) is 1. The minimum Gasteiger partial charge on any atom is -0.506 e. The quantitative estimate of drug-likeness (QED) is 0.654. The van der Waals surface area contributed by atoms with Crippen molar-refractivity contribution >= 4 is 5.69 Å². The summed E-state index contributed by atoms with van der Waals surface area (Å²) in [5, 5.41) is 13.7. The van der Waals surface area contributed by atoms with Gasteiger partial charge in [0.1, 0.15) is 11.4 Å². The number of anilines is 1. The molecule has 1 aliphatic heterocycles. The van der Waals surface area contributed by atoms with Gasteiger partial charge in [0, 0.05) is 38.7 Å². The zero-order chi connectivity index (χ0) is 14.9. The molecule has 7 nitrogen and oxygen atoms in total. The maximum absolute atomic E-state index is 9.66. The van der Waals surface area contributed by atoms with Crippen molar-refractivity contribution in [1.82, 2.24) is 10.1 Å². The lowest BCUT2D eigenvalue weighted by Gasteiger charge is -2.32. The van der Waals surface area contributed by atoms with Crippen molar-refractivity contribution in [2.24, 2.45) is 0 Å². The van der Waals surface area contributed by atoms with E-state index in [1.165, 1.54) is 6.07 Å². The van der Waals surface area contributed by atoms with Gasteiger partial charge in [-0.15, -0.1) is 0 Å². The van der Waals surface area contributed by atoms with Crippen LogP contribution in [0.15, 0.2) is 22.7 Å². The van der Waals surface area contributed by atoms with E-state index < -0.39 is 5.60 Å². The Morgan fingerprint density at radius 3 is 2.76 bits per heavy atom. The summed E-state index contributed by atoms with van der Waals surface area (Å²) in [4.78, 5) is 4.41. The van der Waals surface area contributed by atoms with Gasteiger partial charge in [-0.2, -0.15) is 4.98 Å². The van der Waals surface area contributed by atoms with Crippen LogP contribution in [0.1, 0.15) is 18.7 Å². The van der Waals surface area contributed by atoms with E-state index >= 15 is 0 Å². The molecule has 2 heterocycles. The van der Waals surface area contributed by atoms with Crippen LogP contribution in [0.4, 0.5) is 5.69 Å². The van der Waals surface area contributed by atoms with E-state index in [9.17, 15) is 5.11 Å². The molecule has 0 amide bonds. The van der Waals surface area contributed by atoms with Gasteiger partial charge in [-0.1, -0.05) is 5.16 Å². The molecule has 3 rings (SSSR count). The Morgan fingerprint density at radius 1 is 1.33 bits per heavy atom. The summed E-state index contributed by atoms with van der Waals surface area (Å²) < 4.78 is 16.3. The molecule has 7 heteroatoms. The first-order valence-electron chi connectivity index (χ1n) is 6.70. The van der Waals surface area contributed by atoms with Crippen molar-refractivity contribution < 1.29 is 19.1 Å². The number of nitrogen functional groups attached to an aromatic ring is 1. The van der Waals surface area contributed by atoms with Crippen molar-refractivity contribution in [2.75, 3.05) is 26.1 Å². The van der Waals surface area contributed by atoms with Crippen molar-refractivity contribution in [2.45, 2.75) is 18.4 Å². The van der Waals surface area contributed by atoms with Crippen LogP contribution < -0.4 is 5.73 Å². The summed E-state index contributed by atoms with van der Waals surface area (Å²) in [6.07, 6.45) is 1.35. The third kappa shape index (κ3) is 2.45. The predicted octanol–water partition coefficient (Wildman–Crippen LogP) is 1.68. The van der Waals surface area contributed by atoms with Crippen LogP contribution in [-0.4, -0.2) is 35.6 Å². The molecule has 0 aliphatic carbocycles. The maximum atomic E-state index is 9.66. The summed E-state index contributed by atoms with van der Waals surface area (Å²) in [5.41, 5.74) is 5.92. The molecule has 0 radical (unpaired) electrons. The lowest BCUT2D eigenvalue weighted by atomic mass is 9.93. The molecule has 0 spiro atoms. The van der Waals surface area contributed by atoms with Gasteiger partial charge in [0.05, 0.1) is 5.69 Å². The summed E-state index contributed by atoms with van der Waals surface area (Å²) in [6, 6.07) is 4.81. The Hall–Kier alpha value is -2.12. The lowest BCUT2D eigenvalue weighted by Crippen LogP contribution is -2.36. The molecular formula is C14H17N3O4. The molecule has 1 aromatic heterocycles. The highest BCUT2D eigenvalue weighted by molar-refractivity contribution is 5.63. The molecule has 3 N–H and O–H groups in total. The zero-order valence-corrected chi connectivity index (χ0v) is 11.7. The van der Waals surface area contributed by atoms with E-state index in [0.717, 1.165) is 0 Å². The Balaban J connectivity index is 1.93. The van der Waals surface area contributed by atoms with Crippen LogP contribution in [0.3, 0.4) is 0 Å². The minimum atomic E-state index is -0.574. The smallest absolute Gasteiger partial charge is 0.258 e. The number of hydrogen-bond donors (Lipinski definition) is 2. The van der Waals surface area contributed by atoms with Crippen LogP contribution in [0.2, 0.25) is 0 Å². The number of rotatable bonds is 3. The molecule has 21 heavy (non-hydrogen) atoms. The number of methoxy groups -OCH3 is 1. The molecule has 2 aromatic rings. The average Bonchev–Trinajstić information content (AvgIpc) is 3.01. The van der Waals surface area contributed by atoms with Crippen LogP contribution in [-0.2, 0) is 15.1 Å². The first-order chi connectivity index (χ1) is 10.1. The van der Waals surface area contributed by atoms with Gasteiger partial charge in [-0.25, -0.2) is 0 Å². The molecule has 0 atom stereocenters. The highest BCUT2D eigenvalue weighted by atomic mass is 16.5. The van der Waals surface area contributed by atoms with Crippen LogP contribution in [0.25, 0.3) is 11.5 Å². The Morgan fingerprint density at radius 2 is 2.10 bits per heavy atom. The number of phenolic OH excluding ortho intramolecular Hbond substituents is 1. The highest BCUT2D eigenvalue weighted by Crippen LogP contribution is 2.35. The Labute approximate surface area is 121 Å². The topological polar surface area (TPSA) is 104 Å². The van der Waals surface area contributed by atoms with E-state index in [1.54, 1.807) is 19.2 Å². The summed E-state index contributed by atoms with van der Waals surface area (Å²) in [7, 11) is 1.64. The first kappa shape index (κ1) is 13.8. The molecule has 0 saturated carbocycles. The van der Waals surface area contributed by atoms with Crippen molar-refractivity contribution in [1.29, 1.82) is 0 Å². The van der Waals surface area contributed by atoms with Gasteiger partial charge in [0.25, 0.3) is 5.89 Å². The molecule has 1 aliphatic rings. The van der Waals surface area contributed by atoms with Crippen molar-refractivity contribution in [3.05, 3.63) is 24.0 Å². The second kappa shape index (κ2) is 5.34. The van der Waals surface area contributed by atoms with Gasteiger partial charge in [0.2, 0.25) is 5.82 Å². The maximum Gasteiger partial charge on any atom is 0.258 e. The number of ether oxygens (including phenoxy) is 2. The summed E-state index contributed by atoms with van der Waals surface area (Å²) in [6.45, 7) is 1.20. The fourth-order valence-electron chi connectivity index (χ4n) is 2.42. The third-order valence-corrected chi connectivity index (χ3v) is 3.80. The zero-order valence-electron chi connectivity index (χ0n) is 11.7. The number of nitrogens with zero attached hydrogens (tertiary/aromatic N) is 2. The van der Waals surface area contributed by atoms with Gasteiger partial charge < -0.3 is 24.8 Å². The number of benzene rings is 1. The van der Waals surface area contributed by atoms with E-state index in [0.29, 0.717) is 49.0 Å². The fraction of sp³-hybridized carbons (Fsp3) is 0.429. The van der Waals surface area contributed by atoms with Gasteiger partial charge in [0.15, 0.2) is 0 Å². The second-order valence-electron chi connectivity index (χ2n) is 5.01.